The van der Waals surface area contributed by atoms with Gasteiger partial charge in [-0.2, -0.15) is 0 Å². The fourth-order valence-electron chi connectivity index (χ4n) is 1.31. The van der Waals surface area contributed by atoms with Crippen molar-refractivity contribution in [3.8, 4) is 5.75 Å². The molecular formula is C12H16O3. The number of hydrogen-bond acceptors (Lipinski definition) is 3. The van der Waals surface area contributed by atoms with Crippen LogP contribution in [0.3, 0.4) is 0 Å². The molecule has 0 amide bonds. The SMILES string of the molecule is CC(C)c1ccc(OCCO)c(C=O)c1. The van der Waals surface area contributed by atoms with Crippen LogP contribution in [0.2, 0.25) is 0 Å². The maximum Gasteiger partial charge on any atom is 0.153 e. The number of carbonyl (C=O) groups excluding carboxylic acids is 1. The summed E-state index contributed by atoms with van der Waals surface area (Å²) in [4.78, 5) is 10.8. The van der Waals surface area contributed by atoms with Crippen molar-refractivity contribution in [1.29, 1.82) is 0 Å². The highest BCUT2D eigenvalue weighted by atomic mass is 16.5. The first-order valence-electron chi connectivity index (χ1n) is 5.01. The highest BCUT2D eigenvalue weighted by Gasteiger charge is 2.06. The van der Waals surface area contributed by atoms with Gasteiger partial charge in [-0.15, -0.1) is 0 Å². The van der Waals surface area contributed by atoms with E-state index >= 15 is 0 Å². The molecule has 1 N–H and O–H groups in total. The largest absolute Gasteiger partial charge is 0.490 e. The predicted molar refractivity (Wildman–Crippen MR) is 58.5 cm³/mol. The molecule has 0 unspecified atom stereocenters. The lowest BCUT2D eigenvalue weighted by molar-refractivity contribution is 0.111. The fraction of sp³-hybridized carbons (Fsp3) is 0.417. The van der Waals surface area contributed by atoms with E-state index in [0.717, 1.165) is 11.8 Å². The van der Waals surface area contributed by atoms with Gasteiger partial charge in [0.2, 0.25) is 0 Å². The van der Waals surface area contributed by atoms with Crippen molar-refractivity contribution >= 4 is 6.29 Å². The summed E-state index contributed by atoms with van der Waals surface area (Å²) in [5, 5.41) is 8.62. The van der Waals surface area contributed by atoms with Gasteiger partial charge < -0.3 is 9.84 Å². The van der Waals surface area contributed by atoms with E-state index in [9.17, 15) is 4.79 Å². The minimum absolute atomic E-state index is 0.0514. The van der Waals surface area contributed by atoms with Gasteiger partial charge in [0, 0.05) is 0 Å². The van der Waals surface area contributed by atoms with Crippen LogP contribution in [0.25, 0.3) is 0 Å². The van der Waals surface area contributed by atoms with Crippen LogP contribution in [0.1, 0.15) is 35.7 Å². The molecule has 0 saturated heterocycles. The summed E-state index contributed by atoms with van der Waals surface area (Å²) in [6, 6.07) is 5.53. The molecule has 0 saturated carbocycles. The lowest BCUT2D eigenvalue weighted by atomic mass is 10.0. The molecular weight excluding hydrogens is 192 g/mol. The lowest BCUT2D eigenvalue weighted by Crippen LogP contribution is -2.04. The summed E-state index contributed by atoms with van der Waals surface area (Å²) in [6.45, 7) is 4.29. The van der Waals surface area contributed by atoms with Crippen molar-refractivity contribution in [2.24, 2.45) is 0 Å². The Morgan fingerprint density at radius 1 is 1.47 bits per heavy atom. The molecule has 0 fully saturated rings. The van der Waals surface area contributed by atoms with Gasteiger partial charge in [-0.25, -0.2) is 0 Å². The van der Waals surface area contributed by atoms with Crippen molar-refractivity contribution in [3.63, 3.8) is 0 Å². The quantitative estimate of drug-likeness (QED) is 0.753. The van der Waals surface area contributed by atoms with Crippen LogP contribution < -0.4 is 4.74 Å². The standard InChI is InChI=1S/C12H16O3/c1-9(2)10-3-4-12(15-6-5-13)11(7-10)8-14/h3-4,7-9,13H,5-6H2,1-2H3. The molecule has 0 radical (unpaired) electrons. The van der Waals surface area contributed by atoms with Crippen LogP contribution in [-0.2, 0) is 0 Å². The fourth-order valence-corrected chi connectivity index (χ4v) is 1.31. The molecule has 82 valence electrons. The highest BCUT2D eigenvalue weighted by Crippen LogP contribution is 2.22. The average Bonchev–Trinajstić information content (AvgIpc) is 2.25. The zero-order valence-electron chi connectivity index (χ0n) is 9.06. The molecule has 0 bridgehead atoms. The minimum Gasteiger partial charge on any atom is -0.490 e. The maximum absolute atomic E-state index is 10.8. The summed E-state index contributed by atoms with van der Waals surface area (Å²) in [7, 11) is 0. The average molecular weight is 208 g/mol. The van der Waals surface area contributed by atoms with Crippen molar-refractivity contribution in [2.75, 3.05) is 13.2 Å². The number of hydrogen-bond donors (Lipinski definition) is 1. The van der Waals surface area contributed by atoms with Gasteiger partial charge in [0.05, 0.1) is 12.2 Å². The van der Waals surface area contributed by atoms with Gasteiger partial charge >= 0.3 is 0 Å². The topological polar surface area (TPSA) is 46.5 Å². The Kier molecular flexibility index (Phi) is 4.31. The molecule has 1 aromatic rings. The van der Waals surface area contributed by atoms with E-state index in [1.165, 1.54) is 0 Å². The Labute approximate surface area is 89.7 Å². The van der Waals surface area contributed by atoms with Crippen molar-refractivity contribution < 1.29 is 14.6 Å². The van der Waals surface area contributed by atoms with Crippen LogP contribution in [0.5, 0.6) is 5.75 Å². The third kappa shape index (κ3) is 3.06. The molecule has 0 spiro atoms. The Balaban J connectivity index is 2.93. The summed E-state index contributed by atoms with van der Waals surface area (Å²) in [5.41, 5.74) is 1.64. The first kappa shape index (κ1) is 11.7. The van der Waals surface area contributed by atoms with Crippen LogP contribution >= 0.6 is 0 Å². The molecule has 15 heavy (non-hydrogen) atoms. The third-order valence-electron chi connectivity index (χ3n) is 2.18. The Hall–Kier alpha value is -1.35. The second-order valence-corrected chi connectivity index (χ2v) is 3.64. The number of aldehydes is 1. The minimum atomic E-state index is -0.0514. The second kappa shape index (κ2) is 5.51. The molecule has 3 nitrogen and oxygen atoms in total. The Morgan fingerprint density at radius 2 is 2.20 bits per heavy atom. The van der Waals surface area contributed by atoms with Crippen LogP contribution in [0.15, 0.2) is 18.2 Å². The van der Waals surface area contributed by atoms with E-state index < -0.39 is 0 Å². The van der Waals surface area contributed by atoms with E-state index in [1.54, 1.807) is 6.07 Å². The first-order chi connectivity index (χ1) is 7.19. The van der Waals surface area contributed by atoms with E-state index in [0.29, 0.717) is 17.2 Å². The van der Waals surface area contributed by atoms with Gasteiger partial charge in [0.15, 0.2) is 6.29 Å². The van der Waals surface area contributed by atoms with Gasteiger partial charge in [0.25, 0.3) is 0 Å². The van der Waals surface area contributed by atoms with Crippen LogP contribution in [-0.4, -0.2) is 24.6 Å². The number of ether oxygens (including phenoxy) is 1. The maximum atomic E-state index is 10.8. The molecule has 1 rings (SSSR count). The van der Waals surface area contributed by atoms with Gasteiger partial charge in [-0.1, -0.05) is 19.9 Å². The summed E-state index contributed by atoms with van der Waals surface area (Å²) in [5.74, 6) is 0.916. The number of aliphatic hydroxyl groups excluding tert-OH is 1. The zero-order chi connectivity index (χ0) is 11.3. The summed E-state index contributed by atoms with van der Waals surface area (Å²) in [6.07, 6.45) is 0.776. The Bertz CT molecular complexity index is 332. The molecule has 0 aliphatic carbocycles. The van der Waals surface area contributed by atoms with Crippen molar-refractivity contribution in [2.45, 2.75) is 19.8 Å². The van der Waals surface area contributed by atoms with E-state index in [2.05, 4.69) is 13.8 Å². The predicted octanol–water partition coefficient (Wildman–Crippen LogP) is 1.99. The number of carbonyl (C=O) groups is 1. The van der Waals surface area contributed by atoms with Crippen LogP contribution in [0.4, 0.5) is 0 Å². The molecule has 0 aliphatic heterocycles. The third-order valence-corrected chi connectivity index (χ3v) is 2.18. The second-order valence-electron chi connectivity index (χ2n) is 3.64. The molecule has 1 aromatic carbocycles. The van der Waals surface area contributed by atoms with Gasteiger partial charge in [0.1, 0.15) is 12.4 Å². The highest BCUT2D eigenvalue weighted by molar-refractivity contribution is 5.79. The van der Waals surface area contributed by atoms with E-state index in [-0.39, 0.29) is 13.2 Å². The van der Waals surface area contributed by atoms with E-state index in [4.69, 9.17) is 9.84 Å². The monoisotopic (exact) mass is 208 g/mol. The molecule has 0 atom stereocenters. The molecule has 0 aromatic heterocycles. The molecule has 0 heterocycles. The summed E-state index contributed by atoms with van der Waals surface area (Å²) >= 11 is 0. The van der Waals surface area contributed by atoms with Crippen molar-refractivity contribution in [1.82, 2.24) is 0 Å². The first-order valence-corrected chi connectivity index (χ1v) is 5.01. The smallest absolute Gasteiger partial charge is 0.153 e. The number of benzene rings is 1. The Morgan fingerprint density at radius 3 is 2.73 bits per heavy atom. The summed E-state index contributed by atoms with van der Waals surface area (Å²) < 4.78 is 5.23. The number of rotatable bonds is 5. The normalized spacial score (nSPS) is 10.4. The van der Waals surface area contributed by atoms with Gasteiger partial charge in [-0.3, -0.25) is 4.79 Å². The molecule has 0 aliphatic rings. The van der Waals surface area contributed by atoms with E-state index in [1.807, 2.05) is 12.1 Å². The molecule has 3 heteroatoms. The van der Waals surface area contributed by atoms with Crippen LogP contribution in [0, 0.1) is 0 Å². The zero-order valence-corrected chi connectivity index (χ0v) is 9.06. The van der Waals surface area contributed by atoms with Crippen molar-refractivity contribution in [3.05, 3.63) is 29.3 Å². The lowest BCUT2D eigenvalue weighted by Gasteiger charge is -2.10. The number of aliphatic hydroxyl groups is 1. The van der Waals surface area contributed by atoms with Gasteiger partial charge in [-0.05, 0) is 23.6 Å².